The Bertz CT molecular complexity index is 472. The summed E-state index contributed by atoms with van der Waals surface area (Å²) in [5.41, 5.74) is 9.41. The molecule has 0 bridgehead atoms. The number of hydrogen-bond donors (Lipinski definition) is 1. The van der Waals surface area contributed by atoms with Crippen LogP contribution in [0.25, 0.3) is 10.4 Å². The van der Waals surface area contributed by atoms with Gasteiger partial charge in [-0.05, 0) is 36.4 Å². The molecule has 21 heavy (non-hydrogen) atoms. The van der Waals surface area contributed by atoms with E-state index in [1.165, 1.54) is 12.7 Å². The molecular formula is C15H22N4O2. The van der Waals surface area contributed by atoms with E-state index in [-0.39, 0.29) is 17.9 Å². The van der Waals surface area contributed by atoms with Gasteiger partial charge in [0.25, 0.3) is 0 Å². The van der Waals surface area contributed by atoms with Gasteiger partial charge in [0.05, 0.1) is 7.11 Å². The molecule has 2 atom stereocenters. The van der Waals surface area contributed by atoms with Gasteiger partial charge in [-0.2, -0.15) is 0 Å². The number of nitrogens with zero attached hydrogens (tertiary/aromatic N) is 3. The van der Waals surface area contributed by atoms with E-state index in [0.29, 0.717) is 25.9 Å². The van der Waals surface area contributed by atoms with E-state index in [1.54, 1.807) is 0 Å². The van der Waals surface area contributed by atoms with Gasteiger partial charge in [0.2, 0.25) is 0 Å². The van der Waals surface area contributed by atoms with Gasteiger partial charge in [0.1, 0.15) is 6.04 Å². The fraction of sp³-hybridized carbons (Fsp3) is 0.533. The third-order valence-electron chi connectivity index (χ3n) is 3.33. The topological polar surface area (TPSA) is 87.1 Å². The molecule has 114 valence electrons. The highest BCUT2D eigenvalue weighted by Crippen LogP contribution is 2.20. The van der Waals surface area contributed by atoms with E-state index in [9.17, 15) is 4.79 Å². The summed E-state index contributed by atoms with van der Waals surface area (Å²) in [6.07, 6.45) is 1.36. The molecule has 0 saturated heterocycles. The van der Waals surface area contributed by atoms with Gasteiger partial charge in [-0.15, -0.1) is 0 Å². The smallest absolute Gasteiger partial charge is 0.322 e. The number of carbonyl (C=O) groups is 1. The first-order valence-corrected chi connectivity index (χ1v) is 7.06. The molecule has 0 aliphatic carbocycles. The maximum Gasteiger partial charge on any atom is 0.322 e. The second-order valence-corrected chi connectivity index (χ2v) is 4.89. The van der Waals surface area contributed by atoms with Crippen molar-refractivity contribution >= 4 is 5.97 Å². The van der Waals surface area contributed by atoms with Crippen LogP contribution in [0.4, 0.5) is 0 Å². The molecule has 1 N–H and O–H groups in total. The lowest BCUT2D eigenvalue weighted by molar-refractivity contribution is -0.143. The molecule has 0 fully saturated rings. The maximum atomic E-state index is 11.8. The Balaban J connectivity index is 2.53. The van der Waals surface area contributed by atoms with Gasteiger partial charge in [0.15, 0.2) is 0 Å². The standard InChI is InChI=1S/C15H22N4O2/c1-12(13-7-4-3-5-8-13)11-14(15(20)21-2)17-9-6-10-18-19-16/h3-5,7-8,12,14,17H,6,9-11H2,1-2H3. The lowest BCUT2D eigenvalue weighted by atomic mass is 9.94. The zero-order valence-corrected chi connectivity index (χ0v) is 12.5. The lowest BCUT2D eigenvalue weighted by Crippen LogP contribution is -2.39. The summed E-state index contributed by atoms with van der Waals surface area (Å²) in [5.74, 6) is -0.0125. The van der Waals surface area contributed by atoms with Crippen molar-refractivity contribution in [1.82, 2.24) is 5.32 Å². The molecule has 1 rings (SSSR count). The molecule has 1 aromatic carbocycles. The Kier molecular flexibility index (Phi) is 7.94. The summed E-state index contributed by atoms with van der Waals surface area (Å²) in [6, 6.07) is 9.72. The van der Waals surface area contributed by atoms with Gasteiger partial charge < -0.3 is 10.1 Å². The quantitative estimate of drug-likeness (QED) is 0.249. The van der Waals surface area contributed by atoms with Crippen molar-refractivity contribution in [3.05, 3.63) is 46.3 Å². The number of ether oxygens (including phenoxy) is 1. The minimum absolute atomic E-state index is 0.250. The molecule has 0 aliphatic rings. The van der Waals surface area contributed by atoms with Crippen molar-refractivity contribution in [2.75, 3.05) is 20.2 Å². The molecule has 0 saturated carbocycles. The van der Waals surface area contributed by atoms with Crippen LogP contribution in [0.1, 0.15) is 31.2 Å². The van der Waals surface area contributed by atoms with Gasteiger partial charge >= 0.3 is 5.97 Å². The first-order chi connectivity index (χ1) is 10.2. The van der Waals surface area contributed by atoms with E-state index in [1.807, 2.05) is 18.2 Å². The Morgan fingerprint density at radius 3 is 2.76 bits per heavy atom. The van der Waals surface area contributed by atoms with E-state index in [4.69, 9.17) is 10.3 Å². The Morgan fingerprint density at radius 1 is 1.43 bits per heavy atom. The number of benzene rings is 1. The minimum atomic E-state index is -0.351. The van der Waals surface area contributed by atoms with E-state index in [2.05, 4.69) is 34.4 Å². The number of hydrogen-bond acceptors (Lipinski definition) is 4. The predicted octanol–water partition coefficient (Wildman–Crippen LogP) is 3.01. The first-order valence-electron chi connectivity index (χ1n) is 7.06. The Labute approximate surface area is 125 Å². The molecule has 0 heterocycles. The number of azide groups is 1. The molecule has 2 unspecified atom stereocenters. The number of nitrogens with one attached hydrogen (secondary N) is 1. The van der Waals surface area contributed by atoms with Crippen molar-refractivity contribution in [2.24, 2.45) is 5.11 Å². The monoisotopic (exact) mass is 290 g/mol. The van der Waals surface area contributed by atoms with Crippen molar-refractivity contribution in [2.45, 2.75) is 31.7 Å². The highest BCUT2D eigenvalue weighted by Gasteiger charge is 2.21. The third kappa shape index (κ3) is 6.29. The van der Waals surface area contributed by atoms with Crippen LogP contribution in [0.2, 0.25) is 0 Å². The number of rotatable bonds is 9. The molecule has 6 heteroatoms. The average Bonchev–Trinajstić information content (AvgIpc) is 2.53. The molecule has 0 aliphatic heterocycles. The van der Waals surface area contributed by atoms with Crippen LogP contribution < -0.4 is 5.32 Å². The highest BCUT2D eigenvalue weighted by molar-refractivity contribution is 5.75. The van der Waals surface area contributed by atoms with Crippen LogP contribution in [0, 0.1) is 0 Å². The van der Waals surface area contributed by atoms with Gasteiger partial charge in [0, 0.05) is 11.5 Å². The first kappa shape index (κ1) is 17.0. The highest BCUT2D eigenvalue weighted by atomic mass is 16.5. The van der Waals surface area contributed by atoms with Gasteiger partial charge in [-0.1, -0.05) is 42.4 Å². The normalized spacial score (nSPS) is 13.0. The number of methoxy groups -OCH3 is 1. The Hall–Kier alpha value is -2.04. The molecule has 6 nitrogen and oxygen atoms in total. The summed E-state index contributed by atoms with van der Waals surface area (Å²) >= 11 is 0. The summed E-state index contributed by atoms with van der Waals surface area (Å²) < 4.78 is 4.84. The molecular weight excluding hydrogens is 268 g/mol. The van der Waals surface area contributed by atoms with Crippen molar-refractivity contribution in [3.63, 3.8) is 0 Å². The third-order valence-corrected chi connectivity index (χ3v) is 3.33. The molecule has 0 amide bonds. The van der Waals surface area contributed by atoms with Crippen LogP contribution in [0.3, 0.4) is 0 Å². The van der Waals surface area contributed by atoms with E-state index >= 15 is 0 Å². The van der Waals surface area contributed by atoms with Crippen molar-refractivity contribution < 1.29 is 9.53 Å². The number of esters is 1. The fourth-order valence-corrected chi connectivity index (χ4v) is 2.15. The average molecular weight is 290 g/mol. The maximum absolute atomic E-state index is 11.8. The van der Waals surface area contributed by atoms with Crippen LogP contribution in [0.5, 0.6) is 0 Å². The largest absolute Gasteiger partial charge is 0.468 e. The minimum Gasteiger partial charge on any atom is -0.468 e. The van der Waals surface area contributed by atoms with Crippen LogP contribution in [0.15, 0.2) is 35.4 Å². The molecule has 0 spiro atoms. The van der Waals surface area contributed by atoms with Crippen LogP contribution in [-0.2, 0) is 9.53 Å². The SMILES string of the molecule is COC(=O)C(CC(C)c1ccccc1)NCCCN=[N+]=[N-]. The van der Waals surface area contributed by atoms with E-state index in [0.717, 1.165) is 0 Å². The van der Waals surface area contributed by atoms with Gasteiger partial charge in [-0.3, -0.25) is 4.79 Å². The van der Waals surface area contributed by atoms with Crippen molar-refractivity contribution in [3.8, 4) is 0 Å². The summed E-state index contributed by atoms with van der Waals surface area (Å²) in [4.78, 5) is 14.5. The second-order valence-electron chi connectivity index (χ2n) is 4.89. The lowest BCUT2D eigenvalue weighted by Gasteiger charge is -2.20. The van der Waals surface area contributed by atoms with Crippen LogP contribution >= 0.6 is 0 Å². The van der Waals surface area contributed by atoms with Gasteiger partial charge in [-0.25, -0.2) is 0 Å². The zero-order chi connectivity index (χ0) is 15.5. The van der Waals surface area contributed by atoms with Crippen LogP contribution in [-0.4, -0.2) is 32.2 Å². The predicted molar refractivity (Wildman–Crippen MR) is 81.9 cm³/mol. The summed E-state index contributed by atoms with van der Waals surface area (Å²) in [7, 11) is 1.39. The number of carbonyl (C=O) groups excluding carboxylic acids is 1. The van der Waals surface area contributed by atoms with Crippen molar-refractivity contribution in [1.29, 1.82) is 0 Å². The molecule has 0 aromatic heterocycles. The second kappa shape index (κ2) is 9.80. The zero-order valence-electron chi connectivity index (χ0n) is 12.5. The molecule has 1 aromatic rings. The molecule has 0 radical (unpaired) electrons. The van der Waals surface area contributed by atoms with E-state index < -0.39 is 0 Å². The fourth-order valence-electron chi connectivity index (χ4n) is 2.15. The Morgan fingerprint density at radius 2 is 2.14 bits per heavy atom. The summed E-state index contributed by atoms with van der Waals surface area (Å²) in [5, 5.41) is 6.64. The summed E-state index contributed by atoms with van der Waals surface area (Å²) in [6.45, 7) is 3.12.